The van der Waals surface area contributed by atoms with Gasteiger partial charge in [-0.15, -0.1) is 5.10 Å². The topological polar surface area (TPSA) is 77.2 Å². The lowest BCUT2D eigenvalue weighted by Crippen LogP contribution is -2.06. The Morgan fingerprint density at radius 2 is 1.61 bits per heavy atom. The predicted molar refractivity (Wildman–Crippen MR) is 87.2 cm³/mol. The Balaban J connectivity index is 2.25. The average molecular weight is 392 g/mol. The maximum atomic E-state index is 12.7. The van der Waals surface area contributed by atoms with Gasteiger partial charge in [-0.2, -0.15) is 4.98 Å². The molecule has 0 atom stereocenters. The second-order valence-electron chi connectivity index (χ2n) is 4.85. The Kier molecular flexibility index (Phi) is 4.00. The third-order valence-electron chi connectivity index (χ3n) is 3.10. The van der Waals surface area contributed by atoms with Crippen molar-refractivity contribution in [2.75, 3.05) is 0 Å². The van der Waals surface area contributed by atoms with Crippen LogP contribution in [0.4, 0.5) is 0 Å². The van der Waals surface area contributed by atoms with Gasteiger partial charge < -0.3 is 0 Å². The lowest BCUT2D eigenvalue weighted by atomic mass is 10.4. The van der Waals surface area contributed by atoms with Crippen LogP contribution in [0.15, 0.2) is 28.3 Å². The summed E-state index contributed by atoms with van der Waals surface area (Å²) < 4.78 is 26.8. The molecule has 0 fully saturated rings. The van der Waals surface area contributed by atoms with Crippen molar-refractivity contribution in [2.24, 2.45) is 0 Å². The normalized spacial score (nSPS) is 12.0. The molecule has 0 aliphatic carbocycles. The molecule has 3 aromatic rings. The monoisotopic (exact) mass is 390 g/mol. The van der Waals surface area contributed by atoms with Gasteiger partial charge in [0.2, 0.25) is 9.84 Å². The molecular formula is C13H9Cl3N4O2S. The summed E-state index contributed by atoms with van der Waals surface area (Å²) in [4.78, 5) is 7.95. The van der Waals surface area contributed by atoms with Gasteiger partial charge in [-0.1, -0.05) is 34.8 Å². The predicted octanol–water partition coefficient (Wildman–Crippen LogP) is 3.53. The van der Waals surface area contributed by atoms with Crippen LogP contribution in [0.3, 0.4) is 0 Å². The second kappa shape index (κ2) is 5.59. The molecule has 0 saturated carbocycles. The highest BCUT2D eigenvalue weighted by Gasteiger charge is 2.27. The molecule has 6 nitrogen and oxygen atoms in total. The van der Waals surface area contributed by atoms with Crippen LogP contribution >= 0.6 is 34.8 Å². The minimum Gasteiger partial charge on any atom is -0.216 e. The zero-order valence-electron chi connectivity index (χ0n) is 11.9. The summed E-state index contributed by atoms with van der Waals surface area (Å²) in [7, 11) is -4.06. The van der Waals surface area contributed by atoms with Gasteiger partial charge in [0.15, 0.2) is 0 Å². The van der Waals surface area contributed by atoms with E-state index in [4.69, 9.17) is 34.8 Å². The van der Waals surface area contributed by atoms with E-state index in [0.717, 1.165) is 0 Å². The van der Waals surface area contributed by atoms with Crippen LogP contribution in [0.25, 0.3) is 5.78 Å². The SMILES string of the molecule is Cc1cc(C)n2nc(S(=O)(=O)c3cc(Cl)c(Cl)cc3Cl)nc2n1. The van der Waals surface area contributed by atoms with Crippen molar-refractivity contribution in [3.05, 3.63) is 44.7 Å². The molecule has 0 aliphatic heterocycles. The van der Waals surface area contributed by atoms with E-state index in [1.165, 1.54) is 16.6 Å². The number of rotatable bonds is 2. The van der Waals surface area contributed by atoms with E-state index in [2.05, 4.69) is 15.1 Å². The van der Waals surface area contributed by atoms with Crippen molar-refractivity contribution < 1.29 is 8.42 Å². The fraction of sp³-hybridized carbons (Fsp3) is 0.154. The quantitative estimate of drug-likeness (QED) is 0.624. The van der Waals surface area contributed by atoms with Gasteiger partial charge in [0.25, 0.3) is 10.9 Å². The van der Waals surface area contributed by atoms with Crippen LogP contribution in [-0.2, 0) is 9.84 Å². The molecule has 0 bridgehead atoms. The molecule has 2 heterocycles. The van der Waals surface area contributed by atoms with Crippen LogP contribution in [0.2, 0.25) is 15.1 Å². The number of hydrogen-bond acceptors (Lipinski definition) is 5. The molecule has 10 heteroatoms. The highest BCUT2D eigenvalue weighted by Crippen LogP contribution is 2.33. The van der Waals surface area contributed by atoms with Gasteiger partial charge in [0.1, 0.15) is 0 Å². The van der Waals surface area contributed by atoms with E-state index in [0.29, 0.717) is 11.4 Å². The Labute approximate surface area is 146 Å². The lowest BCUT2D eigenvalue weighted by molar-refractivity contribution is 0.586. The molecule has 0 unspecified atom stereocenters. The minimum absolute atomic E-state index is 0.0564. The number of aromatic nitrogens is 4. The number of nitrogens with zero attached hydrogens (tertiary/aromatic N) is 4. The smallest absolute Gasteiger partial charge is 0.216 e. The standard InChI is InChI=1S/C13H9Cl3N4O2S/c1-6-3-7(2)20-12(17-6)18-13(19-20)23(21,22)11-5-9(15)8(14)4-10(11)16/h3-5H,1-2H3. The van der Waals surface area contributed by atoms with Crippen LogP contribution in [0, 0.1) is 13.8 Å². The Morgan fingerprint density at radius 3 is 2.30 bits per heavy atom. The van der Waals surface area contributed by atoms with Crippen LogP contribution < -0.4 is 0 Å². The van der Waals surface area contributed by atoms with Crippen molar-refractivity contribution in [1.29, 1.82) is 0 Å². The fourth-order valence-corrected chi connectivity index (χ4v) is 4.16. The molecule has 0 N–H and O–H groups in total. The van der Waals surface area contributed by atoms with Gasteiger partial charge in [0, 0.05) is 11.4 Å². The molecule has 0 saturated heterocycles. The molecule has 2 aromatic heterocycles. The summed E-state index contributed by atoms with van der Waals surface area (Å²) in [5.41, 5.74) is 1.42. The first-order chi connectivity index (χ1) is 10.7. The van der Waals surface area contributed by atoms with Gasteiger partial charge >= 0.3 is 0 Å². The zero-order valence-corrected chi connectivity index (χ0v) is 15.0. The maximum Gasteiger partial charge on any atom is 0.274 e. The summed E-state index contributed by atoms with van der Waals surface area (Å²) in [6.07, 6.45) is 0. The van der Waals surface area contributed by atoms with E-state index in [1.807, 2.05) is 0 Å². The second-order valence-corrected chi connectivity index (χ2v) is 7.88. The van der Waals surface area contributed by atoms with Crippen molar-refractivity contribution in [1.82, 2.24) is 19.6 Å². The molecule has 120 valence electrons. The average Bonchev–Trinajstić information content (AvgIpc) is 2.87. The minimum atomic E-state index is -4.06. The molecule has 0 spiro atoms. The van der Waals surface area contributed by atoms with E-state index in [1.54, 1.807) is 19.9 Å². The molecule has 1 aromatic carbocycles. The fourth-order valence-electron chi connectivity index (χ4n) is 2.07. The van der Waals surface area contributed by atoms with Crippen LogP contribution in [0.5, 0.6) is 0 Å². The molecule has 23 heavy (non-hydrogen) atoms. The Bertz CT molecular complexity index is 1050. The lowest BCUT2D eigenvalue weighted by Gasteiger charge is -2.05. The van der Waals surface area contributed by atoms with Gasteiger partial charge in [-0.3, -0.25) is 0 Å². The first-order valence-corrected chi connectivity index (χ1v) is 8.92. The van der Waals surface area contributed by atoms with Crippen molar-refractivity contribution in [2.45, 2.75) is 23.9 Å². The Morgan fingerprint density at radius 1 is 0.957 bits per heavy atom. The van der Waals surface area contributed by atoms with Gasteiger partial charge in [0.05, 0.1) is 20.0 Å². The zero-order chi connectivity index (χ0) is 16.9. The largest absolute Gasteiger partial charge is 0.274 e. The molecule has 0 radical (unpaired) electrons. The first kappa shape index (κ1) is 16.4. The van der Waals surface area contributed by atoms with E-state index < -0.39 is 15.0 Å². The molecule has 0 amide bonds. The van der Waals surface area contributed by atoms with E-state index in [9.17, 15) is 8.42 Å². The number of fused-ring (bicyclic) bond motifs is 1. The summed E-state index contributed by atoms with van der Waals surface area (Å²) in [5.74, 6) is 0.192. The summed E-state index contributed by atoms with van der Waals surface area (Å²) >= 11 is 17.7. The van der Waals surface area contributed by atoms with Crippen molar-refractivity contribution in [3.63, 3.8) is 0 Å². The highest BCUT2D eigenvalue weighted by atomic mass is 35.5. The van der Waals surface area contributed by atoms with E-state index in [-0.39, 0.29) is 25.7 Å². The van der Waals surface area contributed by atoms with Crippen LogP contribution in [0.1, 0.15) is 11.4 Å². The third kappa shape index (κ3) is 2.78. The highest BCUT2D eigenvalue weighted by molar-refractivity contribution is 7.91. The summed E-state index contributed by atoms with van der Waals surface area (Å²) in [5, 5.41) is 3.79. The first-order valence-electron chi connectivity index (χ1n) is 6.31. The molecule has 3 rings (SSSR count). The number of benzene rings is 1. The van der Waals surface area contributed by atoms with Crippen molar-refractivity contribution in [3.8, 4) is 0 Å². The number of sulfone groups is 1. The van der Waals surface area contributed by atoms with Crippen molar-refractivity contribution >= 4 is 50.4 Å². The number of aryl methyl sites for hydroxylation is 2. The maximum absolute atomic E-state index is 12.7. The van der Waals surface area contributed by atoms with Crippen LogP contribution in [-0.4, -0.2) is 28.0 Å². The molecular weight excluding hydrogens is 383 g/mol. The molecule has 0 aliphatic rings. The number of hydrogen-bond donors (Lipinski definition) is 0. The summed E-state index contributed by atoms with van der Waals surface area (Å²) in [6.45, 7) is 3.56. The third-order valence-corrected chi connectivity index (χ3v) is 5.82. The Hall–Kier alpha value is -1.41. The number of halogens is 3. The van der Waals surface area contributed by atoms with Gasteiger partial charge in [-0.25, -0.2) is 17.9 Å². The van der Waals surface area contributed by atoms with Gasteiger partial charge in [-0.05, 0) is 32.0 Å². The van der Waals surface area contributed by atoms with E-state index >= 15 is 0 Å². The summed E-state index contributed by atoms with van der Waals surface area (Å²) in [6, 6.07) is 4.21.